The molecule has 0 unspecified atom stereocenters. The molecule has 1 fully saturated rings. The second kappa shape index (κ2) is 5.03. The maximum Gasteiger partial charge on any atom is 0.0465 e. The molecule has 3 heteroatoms. The van der Waals surface area contributed by atoms with Crippen LogP contribution in [0.1, 0.15) is 6.42 Å². The topological polar surface area (TPSA) is 21.3 Å². The van der Waals surface area contributed by atoms with Crippen molar-refractivity contribution in [3.63, 3.8) is 0 Å². The average molecular weight is 152 g/mol. The minimum Gasteiger partial charge on any atom is -0.385 e. The molecule has 0 bridgehead atoms. The van der Waals surface area contributed by atoms with Crippen LogP contribution >= 0.6 is 12.4 Å². The van der Waals surface area contributed by atoms with E-state index >= 15 is 0 Å². The standard InChI is InChI=1S/C6H13NO.ClH/c1-8-3-2-6-4-7-5-6;/h6-7H,2-5H2,1H3;1H. The van der Waals surface area contributed by atoms with Gasteiger partial charge in [-0.2, -0.15) is 0 Å². The molecule has 0 aromatic rings. The first-order valence-electron chi connectivity index (χ1n) is 3.13. The summed E-state index contributed by atoms with van der Waals surface area (Å²) in [6.07, 6.45) is 1.23. The molecule has 0 amide bonds. The van der Waals surface area contributed by atoms with E-state index in [0.717, 1.165) is 12.5 Å². The lowest BCUT2D eigenvalue weighted by molar-refractivity contribution is 0.162. The fraction of sp³-hybridized carbons (Fsp3) is 1.00. The predicted molar refractivity (Wildman–Crippen MR) is 40.1 cm³/mol. The fourth-order valence-corrected chi connectivity index (χ4v) is 0.837. The van der Waals surface area contributed by atoms with Crippen LogP contribution in [0.3, 0.4) is 0 Å². The van der Waals surface area contributed by atoms with E-state index in [1.165, 1.54) is 19.5 Å². The van der Waals surface area contributed by atoms with Crippen molar-refractivity contribution in [2.45, 2.75) is 6.42 Å². The van der Waals surface area contributed by atoms with Crippen LogP contribution in [0.4, 0.5) is 0 Å². The zero-order valence-electron chi connectivity index (χ0n) is 5.72. The lowest BCUT2D eigenvalue weighted by Crippen LogP contribution is -2.42. The number of rotatable bonds is 3. The largest absolute Gasteiger partial charge is 0.385 e. The van der Waals surface area contributed by atoms with Crippen LogP contribution in [-0.2, 0) is 4.74 Å². The van der Waals surface area contributed by atoms with Gasteiger partial charge < -0.3 is 10.1 Å². The van der Waals surface area contributed by atoms with Gasteiger partial charge in [-0.05, 0) is 25.4 Å². The summed E-state index contributed by atoms with van der Waals surface area (Å²) in [4.78, 5) is 0. The van der Waals surface area contributed by atoms with Crippen LogP contribution in [-0.4, -0.2) is 26.8 Å². The van der Waals surface area contributed by atoms with Gasteiger partial charge in [0, 0.05) is 13.7 Å². The smallest absolute Gasteiger partial charge is 0.0465 e. The molecule has 1 rings (SSSR count). The first-order chi connectivity index (χ1) is 3.93. The number of nitrogens with one attached hydrogen (secondary N) is 1. The lowest BCUT2D eigenvalue weighted by Gasteiger charge is -2.26. The van der Waals surface area contributed by atoms with Crippen LogP contribution in [0.15, 0.2) is 0 Å². The molecular weight excluding hydrogens is 138 g/mol. The van der Waals surface area contributed by atoms with Gasteiger partial charge in [0.2, 0.25) is 0 Å². The third-order valence-electron chi connectivity index (χ3n) is 1.60. The van der Waals surface area contributed by atoms with Gasteiger partial charge in [-0.15, -0.1) is 12.4 Å². The van der Waals surface area contributed by atoms with Gasteiger partial charge in [0.25, 0.3) is 0 Å². The van der Waals surface area contributed by atoms with Crippen molar-refractivity contribution < 1.29 is 4.74 Å². The van der Waals surface area contributed by atoms with Crippen LogP contribution in [0, 0.1) is 5.92 Å². The average Bonchev–Trinajstić information content (AvgIpc) is 1.63. The van der Waals surface area contributed by atoms with Gasteiger partial charge in [-0.25, -0.2) is 0 Å². The fourth-order valence-electron chi connectivity index (χ4n) is 0.837. The predicted octanol–water partition coefficient (Wildman–Crippen LogP) is 0.664. The maximum atomic E-state index is 4.92. The van der Waals surface area contributed by atoms with Crippen molar-refractivity contribution in [1.29, 1.82) is 0 Å². The van der Waals surface area contributed by atoms with Gasteiger partial charge >= 0.3 is 0 Å². The van der Waals surface area contributed by atoms with E-state index in [0.29, 0.717) is 0 Å². The highest BCUT2D eigenvalue weighted by Gasteiger charge is 2.14. The lowest BCUT2D eigenvalue weighted by atomic mass is 10.0. The third-order valence-corrected chi connectivity index (χ3v) is 1.60. The summed E-state index contributed by atoms with van der Waals surface area (Å²) in [5, 5.41) is 3.21. The molecule has 1 aliphatic rings. The first kappa shape index (κ1) is 9.21. The molecule has 0 atom stereocenters. The summed E-state index contributed by atoms with van der Waals surface area (Å²) in [7, 11) is 1.76. The van der Waals surface area contributed by atoms with Crippen molar-refractivity contribution in [1.82, 2.24) is 5.32 Å². The summed E-state index contributed by atoms with van der Waals surface area (Å²) >= 11 is 0. The van der Waals surface area contributed by atoms with E-state index in [9.17, 15) is 0 Å². The Kier molecular flexibility index (Phi) is 5.15. The zero-order valence-corrected chi connectivity index (χ0v) is 6.54. The van der Waals surface area contributed by atoms with Crippen LogP contribution in [0.25, 0.3) is 0 Å². The quantitative estimate of drug-likeness (QED) is 0.640. The maximum absolute atomic E-state index is 4.92. The number of ether oxygens (including phenoxy) is 1. The Morgan fingerprint density at radius 3 is 2.56 bits per heavy atom. The second-order valence-electron chi connectivity index (χ2n) is 2.31. The molecule has 1 N–H and O–H groups in total. The molecular formula is C6H14ClNO. The molecule has 0 radical (unpaired) electrons. The second-order valence-corrected chi connectivity index (χ2v) is 2.31. The van der Waals surface area contributed by atoms with Gasteiger partial charge in [-0.3, -0.25) is 0 Å². The van der Waals surface area contributed by atoms with Crippen LogP contribution < -0.4 is 5.32 Å². The first-order valence-corrected chi connectivity index (χ1v) is 3.13. The van der Waals surface area contributed by atoms with Crippen LogP contribution in [0.5, 0.6) is 0 Å². The minimum absolute atomic E-state index is 0. The molecule has 1 saturated heterocycles. The molecule has 1 aliphatic heterocycles. The SMILES string of the molecule is COCCC1CNC1.Cl. The molecule has 0 aliphatic carbocycles. The van der Waals surface area contributed by atoms with Gasteiger partial charge in [0.1, 0.15) is 0 Å². The Morgan fingerprint density at radius 2 is 2.22 bits per heavy atom. The normalized spacial score (nSPS) is 18.3. The Bertz CT molecular complexity index is 66.1. The summed E-state index contributed by atoms with van der Waals surface area (Å²) in [6, 6.07) is 0. The van der Waals surface area contributed by atoms with Crippen LogP contribution in [0.2, 0.25) is 0 Å². The van der Waals surface area contributed by atoms with E-state index < -0.39 is 0 Å². The number of hydrogen-bond acceptors (Lipinski definition) is 2. The molecule has 9 heavy (non-hydrogen) atoms. The van der Waals surface area contributed by atoms with Crippen molar-refractivity contribution in [3.8, 4) is 0 Å². The van der Waals surface area contributed by atoms with E-state index in [1.807, 2.05) is 0 Å². The van der Waals surface area contributed by atoms with Gasteiger partial charge in [0.05, 0.1) is 0 Å². The summed E-state index contributed by atoms with van der Waals surface area (Å²) < 4.78 is 4.92. The van der Waals surface area contributed by atoms with E-state index in [-0.39, 0.29) is 12.4 Å². The Labute approximate surface area is 62.4 Å². The van der Waals surface area contributed by atoms with Gasteiger partial charge in [-0.1, -0.05) is 0 Å². The highest BCUT2D eigenvalue weighted by atomic mass is 35.5. The molecule has 0 aromatic carbocycles. The summed E-state index contributed by atoms with van der Waals surface area (Å²) in [5.41, 5.74) is 0. The van der Waals surface area contributed by atoms with Crippen molar-refractivity contribution in [2.75, 3.05) is 26.8 Å². The molecule has 1 heterocycles. The summed E-state index contributed by atoms with van der Waals surface area (Å²) in [6.45, 7) is 3.32. The third kappa shape index (κ3) is 3.04. The number of methoxy groups -OCH3 is 1. The van der Waals surface area contributed by atoms with Crippen molar-refractivity contribution in [3.05, 3.63) is 0 Å². The van der Waals surface area contributed by atoms with Gasteiger partial charge in [0.15, 0.2) is 0 Å². The minimum atomic E-state index is 0. The molecule has 0 spiro atoms. The van der Waals surface area contributed by atoms with E-state index in [4.69, 9.17) is 4.74 Å². The van der Waals surface area contributed by atoms with E-state index in [2.05, 4.69) is 5.32 Å². The molecule has 56 valence electrons. The Morgan fingerprint density at radius 1 is 1.56 bits per heavy atom. The van der Waals surface area contributed by atoms with Crippen molar-refractivity contribution in [2.24, 2.45) is 5.92 Å². The Balaban J connectivity index is 0.000000640. The molecule has 0 aromatic heterocycles. The summed E-state index contributed by atoms with van der Waals surface area (Å²) in [5.74, 6) is 0.898. The monoisotopic (exact) mass is 151 g/mol. The number of halogens is 1. The zero-order chi connectivity index (χ0) is 5.82. The van der Waals surface area contributed by atoms with Crippen molar-refractivity contribution >= 4 is 12.4 Å². The molecule has 2 nitrogen and oxygen atoms in total. The van der Waals surface area contributed by atoms with E-state index in [1.54, 1.807) is 7.11 Å². The Hall–Kier alpha value is 0.210. The highest BCUT2D eigenvalue weighted by Crippen LogP contribution is 2.06. The molecule has 0 saturated carbocycles. The highest BCUT2D eigenvalue weighted by molar-refractivity contribution is 5.85. The number of hydrogen-bond donors (Lipinski definition) is 1.